The highest BCUT2D eigenvalue weighted by molar-refractivity contribution is 5.85. The predicted molar refractivity (Wildman–Crippen MR) is 96.3 cm³/mol. The fourth-order valence-electron chi connectivity index (χ4n) is 3.30. The molecule has 2 atom stereocenters. The molecule has 3 rings (SSSR count). The molecule has 25 heavy (non-hydrogen) atoms. The summed E-state index contributed by atoms with van der Waals surface area (Å²) in [7, 11) is 4.14. The number of hydrogen-bond acceptors (Lipinski definition) is 6. The topological polar surface area (TPSA) is 78.7 Å². The zero-order valence-electron chi connectivity index (χ0n) is 15.4. The summed E-state index contributed by atoms with van der Waals surface area (Å²) in [6.45, 7) is 5.84. The molecular weight excluding hydrogens is 318 g/mol. The molecule has 1 saturated heterocycles. The SMILES string of the molecule is CC(C)C[C@H](Nc1nccn2cnnc12)C(=O)N1CCC(N(C)C)C1. The van der Waals surface area contributed by atoms with Gasteiger partial charge in [0.2, 0.25) is 11.6 Å². The highest BCUT2D eigenvalue weighted by atomic mass is 16.2. The summed E-state index contributed by atoms with van der Waals surface area (Å²) in [6, 6.07) is 0.123. The maximum Gasteiger partial charge on any atom is 0.245 e. The lowest BCUT2D eigenvalue weighted by Crippen LogP contribution is -2.44. The number of anilines is 1. The van der Waals surface area contributed by atoms with Crippen LogP contribution in [0, 0.1) is 5.92 Å². The van der Waals surface area contributed by atoms with Gasteiger partial charge in [-0.3, -0.25) is 9.20 Å². The van der Waals surface area contributed by atoms with Crippen molar-refractivity contribution in [1.82, 2.24) is 29.4 Å². The maximum atomic E-state index is 13.1. The molecule has 0 radical (unpaired) electrons. The number of likely N-dealkylation sites (N-methyl/N-ethyl adjacent to an activating group) is 1. The first-order chi connectivity index (χ1) is 12.0. The number of amides is 1. The Labute approximate surface area is 148 Å². The predicted octanol–water partition coefficient (Wildman–Crippen LogP) is 1.11. The van der Waals surface area contributed by atoms with Crippen LogP contribution in [0.25, 0.3) is 5.65 Å². The lowest BCUT2D eigenvalue weighted by molar-refractivity contribution is -0.131. The molecule has 0 aromatic carbocycles. The van der Waals surface area contributed by atoms with Gasteiger partial charge in [-0.05, 0) is 32.9 Å². The van der Waals surface area contributed by atoms with Gasteiger partial charge in [-0.15, -0.1) is 10.2 Å². The summed E-state index contributed by atoms with van der Waals surface area (Å²) >= 11 is 0. The van der Waals surface area contributed by atoms with Crippen molar-refractivity contribution in [1.29, 1.82) is 0 Å². The maximum absolute atomic E-state index is 13.1. The molecule has 0 saturated carbocycles. The number of carbonyl (C=O) groups excluding carboxylic acids is 1. The van der Waals surface area contributed by atoms with E-state index >= 15 is 0 Å². The fraction of sp³-hybridized carbons (Fsp3) is 0.647. The van der Waals surface area contributed by atoms with E-state index in [0.717, 1.165) is 25.9 Å². The van der Waals surface area contributed by atoms with E-state index in [2.05, 4.69) is 53.3 Å². The van der Waals surface area contributed by atoms with Gasteiger partial charge in [0.15, 0.2) is 5.82 Å². The molecule has 2 aromatic heterocycles. The smallest absolute Gasteiger partial charge is 0.245 e. The largest absolute Gasteiger partial charge is 0.355 e. The standard InChI is InChI=1S/C17H27N7O/c1-12(2)9-14(17(25)23-7-5-13(10-23)22(3)4)20-15-16-21-19-11-24(16)8-6-18-15/h6,8,11-14H,5,7,9-10H2,1-4H3,(H,18,20)/t13?,14-/m0/s1. The molecule has 2 aromatic rings. The van der Waals surface area contributed by atoms with Crippen LogP contribution >= 0.6 is 0 Å². The second-order valence-electron chi connectivity index (χ2n) is 7.35. The van der Waals surface area contributed by atoms with Crippen LogP contribution in [0.3, 0.4) is 0 Å². The molecule has 1 aliphatic rings. The van der Waals surface area contributed by atoms with Gasteiger partial charge >= 0.3 is 0 Å². The third-order valence-electron chi connectivity index (χ3n) is 4.74. The van der Waals surface area contributed by atoms with Crippen molar-refractivity contribution in [2.45, 2.75) is 38.8 Å². The first-order valence-corrected chi connectivity index (χ1v) is 8.81. The lowest BCUT2D eigenvalue weighted by Gasteiger charge is -2.26. The van der Waals surface area contributed by atoms with Gasteiger partial charge in [0.1, 0.15) is 12.4 Å². The van der Waals surface area contributed by atoms with Crippen molar-refractivity contribution >= 4 is 17.4 Å². The molecule has 1 fully saturated rings. The van der Waals surface area contributed by atoms with Crippen molar-refractivity contribution in [3.63, 3.8) is 0 Å². The van der Waals surface area contributed by atoms with Crippen LogP contribution in [0.5, 0.6) is 0 Å². The normalized spacial score (nSPS) is 19.1. The minimum absolute atomic E-state index is 0.140. The average Bonchev–Trinajstić information content (AvgIpc) is 3.22. The molecule has 136 valence electrons. The molecule has 8 heteroatoms. The van der Waals surface area contributed by atoms with E-state index in [0.29, 0.717) is 23.4 Å². The third-order valence-corrected chi connectivity index (χ3v) is 4.74. The summed E-state index contributed by atoms with van der Waals surface area (Å²) in [5, 5.41) is 11.3. The summed E-state index contributed by atoms with van der Waals surface area (Å²) < 4.78 is 1.80. The molecule has 1 aliphatic heterocycles. The van der Waals surface area contributed by atoms with Gasteiger partial charge in [0, 0.05) is 31.5 Å². The summed E-state index contributed by atoms with van der Waals surface area (Å²) in [6.07, 6.45) is 6.88. The quantitative estimate of drug-likeness (QED) is 0.845. The molecule has 1 amide bonds. The van der Waals surface area contributed by atoms with Crippen LogP contribution in [0.15, 0.2) is 18.7 Å². The first-order valence-electron chi connectivity index (χ1n) is 8.81. The van der Waals surface area contributed by atoms with Crippen LogP contribution in [-0.2, 0) is 4.79 Å². The Kier molecular flexibility index (Phi) is 5.17. The van der Waals surface area contributed by atoms with Gasteiger partial charge < -0.3 is 15.1 Å². The van der Waals surface area contributed by atoms with Crippen LogP contribution < -0.4 is 5.32 Å². The number of aromatic nitrogens is 4. The molecule has 0 spiro atoms. The first kappa shape index (κ1) is 17.6. The third kappa shape index (κ3) is 3.89. The van der Waals surface area contributed by atoms with Crippen molar-refractivity contribution in [2.75, 3.05) is 32.5 Å². The summed E-state index contributed by atoms with van der Waals surface area (Å²) in [4.78, 5) is 21.6. The monoisotopic (exact) mass is 345 g/mol. The highest BCUT2D eigenvalue weighted by Crippen LogP contribution is 2.20. The van der Waals surface area contributed by atoms with Crippen molar-refractivity contribution in [3.05, 3.63) is 18.7 Å². The zero-order chi connectivity index (χ0) is 18.0. The molecule has 1 unspecified atom stereocenters. The van der Waals surface area contributed by atoms with E-state index in [9.17, 15) is 4.79 Å². The molecular formula is C17H27N7O. The van der Waals surface area contributed by atoms with Gasteiger partial charge in [-0.25, -0.2) is 4.98 Å². The van der Waals surface area contributed by atoms with E-state index in [1.165, 1.54) is 0 Å². The molecule has 0 bridgehead atoms. The van der Waals surface area contributed by atoms with Crippen molar-refractivity contribution in [3.8, 4) is 0 Å². The van der Waals surface area contributed by atoms with Crippen LogP contribution in [0.2, 0.25) is 0 Å². The van der Waals surface area contributed by atoms with Crippen LogP contribution in [0.1, 0.15) is 26.7 Å². The number of nitrogens with zero attached hydrogens (tertiary/aromatic N) is 6. The van der Waals surface area contributed by atoms with E-state index in [1.807, 2.05) is 4.90 Å². The van der Waals surface area contributed by atoms with Gasteiger partial charge in [-0.1, -0.05) is 13.8 Å². The van der Waals surface area contributed by atoms with Crippen molar-refractivity contribution < 1.29 is 4.79 Å². The van der Waals surface area contributed by atoms with Crippen LogP contribution in [-0.4, -0.2) is 74.6 Å². The zero-order valence-corrected chi connectivity index (χ0v) is 15.4. The Morgan fingerprint density at radius 1 is 1.44 bits per heavy atom. The Morgan fingerprint density at radius 3 is 2.92 bits per heavy atom. The molecule has 3 heterocycles. The van der Waals surface area contributed by atoms with Gasteiger partial charge in [-0.2, -0.15) is 0 Å². The van der Waals surface area contributed by atoms with Gasteiger partial charge in [0.05, 0.1) is 0 Å². The Balaban J connectivity index is 1.78. The van der Waals surface area contributed by atoms with E-state index in [1.54, 1.807) is 23.1 Å². The number of carbonyl (C=O) groups is 1. The Hall–Kier alpha value is -2.22. The molecule has 8 nitrogen and oxygen atoms in total. The number of hydrogen-bond donors (Lipinski definition) is 1. The second kappa shape index (κ2) is 7.35. The second-order valence-corrected chi connectivity index (χ2v) is 7.35. The minimum Gasteiger partial charge on any atom is -0.355 e. The number of likely N-dealkylation sites (tertiary alicyclic amines) is 1. The van der Waals surface area contributed by atoms with E-state index in [-0.39, 0.29) is 11.9 Å². The lowest BCUT2D eigenvalue weighted by atomic mass is 10.0. The van der Waals surface area contributed by atoms with E-state index < -0.39 is 0 Å². The Bertz CT molecular complexity index is 727. The number of rotatable bonds is 6. The fourth-order valence-corrected chi connectivity index (χ4v) is 3.30. The van der Waals surface area contributed by atoms with Crippen molar-refractivity contribution in [2.24, 2.45) is 5.92 Å². The summed E-state index contributed by atoms with van der Waals surface area (Å²) in [5.41, 5.74) is 0.636. The molecule has 0 aliphatic carbocycles. The highest BCUT2D eigenvalue weighted by Gasteiger charge is 2.32. The number of fused-ring (bicyclic) bond motifs is 1. The molecule has 1 N–H and O–H groups in total. The van der Waals surface area contributed by atoms with Crippen LogP contribution in [0.4, 0.5) is 5.82 Å². The van der Waals surface area contributed by atoms with E-state index in [4.69, 9.17) is 0 Å². The average molecular weight is 345 g/mol. The number of nitrogens with one attached hydrogen (secondary N) is 1. The minimum atomic E-state index is -0.309. The van der Waals surface area contributed by atoms with Gasteiger partial charge in [0.25, 0.3) is 0 Å². The Morgan fingerprint density at radius 2 is 2.24 bits per heavy atom. The summed E-state index contributed by atoms with van der Waals surface area (Å²) in [5.74, 6) is 1.13.